The summed E-state index contributed by atoms with van der Waals surface area (Å²) in [5.74, 6) is -11.4. The zero-order valence-electron chi connectivity index (χ0n) is 6.14. The summed E-state index contributed by atoms with van der Waals surface area (Å²) < 4.78 is 99.7. The second-order valence-corrected chi connectivity index (χ2v) is 4.54. The molecule has 0 unspecified atom stereocenters. The molecule has 0 aromatic rings. The molecule has 14 heavy (non-hydrogen) atoms. The van der Waals surface area contributed by atoms with Crippen LogP contribution in [0.1, 0.15) is 0 Å². The lowest BCUT2D eigenvalue weighted by Crippen LogP contribution is -2.65. The first-order chi connectivity index (χ1) is 5.91. The van der Waals surface area contributed by atoms with Gasteiger partial charge in [-0.1, -0.05) is 0 Å². The van der Waals surface area contributed by atoms with Crippen molar-refractivity contribution >= 4 is 8.99 Å². The van der Waals surface area contributed by atoms with Crippen LogP contribution in [0.3, 0.4) is 0 Å². The van der Waals surface area contributed by atoms with E-state index in [-0.39, 0.29) is 0 Å². The maximum atomic E-state index is 12.2. The van der Waals surface area contributed by atoms with E-state index in [9.17, 15) is 34.6 Å². The monoisotopic (exact) mass is 246 g/mol. The third-order valence-electron chi connectivity index (χ3n) is 1.53. The molecule has 1 saturated heterocycles. The highest BCUT2D eigenvalue weighted by Gasteiger charge is 2.81. The van der Waals surface area contributed by atoms with Gasteiger partial charge in [0.2, 0.25) is 0 Å². The molecule has 0 aromatic carbocycles. The average Bonchev–Trinajstić information content (AvgIpc) is 1.77. The van der Waals surface area contributed by atoms with E-state index in [1.807, 2.05) is 0 Å². The highest BCUT2D eigenvalue weighted by atomic mass is 28.4. The topological polar surface area (TPSA) is 9.23 Å². The highest BCUT2D eigenvalue weighted by Crippen LogP contribution is 2.55. The van der Waals surface area contributed by atoms with Crippen LogP contribution in [0.4, 0.5) is 34.6 Å². The molecule has 0 aromatic heterocycles. The first-order valence-corrected chi connectivity index (χ1v) is 5.00. The summed E-state index contributed by atoms with van der Waals surface area (Å²) in [4.78, 5) is 0. The maximum absolute atomic E-state index is 12.2. The highest BCUT2D eigenvalue weighted by molar-refractivity contribution is 6.59. The van der Waals surface area contributed by atoms with E-state index in [0.717, 1.165) is 0 Å². The summed E-state index contributed by atoms with van der Waals surface area (Å²) in [6.45, 7) is 0. The molecule has 0 aliphatic carbocycles. The standard InChI is InChI=1S/C4H2F8OSi/c5-2(6)1-14(11,12)13-4(9,10)3(2,7)8/h1H2. The molecule has 1 nitrogen and oxygen atoms in total. The van der Waals surface area contributed by atoms with Crippen molar-refractivity contribution in [3.63, 3.8) is 0 Å². The third-order valence-corrected chi connectivity index (χ3v) is 2.94. The number of hydrogen-bond donors (Lipinski definition) is 0. The van der Waals surface area contributed by atoms with Gasteiger partial charge in [0.05, 0.1) is 6.04 Å². The fourth-order valence-corrected chi connectivity index (χ4v) is 2.18. The summed E-state index contributed by atoms with van der Waals surface area (Å²) in [6.07, 6.45) is -5.83. The largest absolute Gasteiger partial charge is 0.588 e. The van der Waals surface area contributed by atoms with Gasteiger partial charge in [-0.05, 0) is 0 Å². The Morgan fingerprint density at radius 1 is 0.929 bits per heavy atom. The van der Waals surface area contributed by atoms with Crippen molar-refractivity contribution in [2.75, 3.05) is 0 Å². The minimum atomic E-state index is -6.43. The van der Waals surface area contributed by atoms with E-state index in [0.29, 0.717) is 0 Å². The lowest BCUT2D eigenvalue weighted by Gasteiger charge is -2.38. The number of hydrogen-bond acceptors (Lipinski definition) is 1. The van der Waals surface area contributed by atoms with Gasteiger partial charge in [-0.2, -0.15) is 26.3 Å². The number of rotatable bonds is 0. The molecule has 1 fully saturated rings. The first kappa shape index (κ1) is 11.7. The van der Waals surface area contributed by atoms with E-state index < -0.39 is 33.0 Å². The maximum Gasteiger partial charge on any atom is 0.588 e. The fourth-order valence-electron chi connectivity index (χ4n) is 0.870. The lowest BCUT2D eigenvalue weighted by atomic mass is 10.2. The van der Waals surface area contributed by atoms with Crippen LogP contribution < -0.4 is 0 Å². The second-order valence-electron chi connectivity index (χ2n) is 2.71. The average molecular weight is 246 g/mol. The van der Waals surface area contributed by atoms with Crippen LogP contribution >= 0.6 is 0 Å². The van der Waals surface area contributed by atoms with E-state index in [4.69, 9.17) is 0 Å². The van der Waals surface area contributed by atoms with Gasteiger partial charge >= 0.3 is 26.9 Å². The van der Waals surface area contributed by atoms with Crippen molar-refractivity contribution in [3.8, 4) is 0 Å². The molecule has 0 atom stereocenters. The lowest BCUT2D eigenvalue weighted by molar-refractivity contribution is -0.390. The molecule has 1 rings (SSSR count). The predicted octanol–water partition coefficient (Wildman–Crippen LogP) is 2.76. The van der Waals surface area contributed by atoms with Crippen LogP contribution in [0.5, 0.6) is 0 Å². The zero-order valence-corrected chi connectivity index (χ0v) is 7.14. The van der Waals surface area contributed by atoms with E-state index >= 15 is 0 Å². The van der Waals surface area contributed by atoms with Crippen molar-refractivity contribution < 1.29 is 39.0 Å². The summed E-state index contributed by atoms with van der Waals surface area (Å²) >= 11 is 0. The Kier molecular flexibility index (Phi) is 2.17. The van der Waals surface area contributed by atoms with Crippen LogP contribution in [0.2, 0.25) is 6.04 Å². The predicted molar refractivity (Wildman–Crippen MR) is 28.7 cm³/mol. The zero-order chi connectivity index (χ0) is 11.4. The van der Waals surface area contributed by atoms with Crippen molar-refractivity contribution in [1.82, 2.24) is 0 Å². The molecule has 10 heteroatoms. The van der Waals surface area contributed by atoms with Gasteiger partial charge < -0.3 is 4.43 Å². The molecule has 1 aliphatic heterocycles. The molecule has 0 saturated carbocycles. The number of halogens is 8. The Labute approximate surface area is 73.1 Å². The molecular formula is C4H2F8OSi. The van der Waals surface area contributed by atoms with E-state index in [2.05, 4.69) is 4.43 Å². The van der Waals surface area contributed by atoms with Gasteiger partial charge in [-0.3, -0.25) is 0 Å². The van der Waals surface area contributed by atoms with Crippen LogP contribution in [0, 0.1) is 0 Å². The normalized spacial score (nSPS) is 32.6. The Morgan fingerprint density at radius 2 is 1.36 bits per heavy atom. The number of alkyl halides is 6. The van der Waals surface area contributed by atoms with Gasteiger partial charge in [0.25, 0.3) is 0 Å². The van der Waals surface area contributed by atoms with Crippen LogP contribution in [0.15, 0.2) is 0 Å². The summed E-state index contributed by atoms with van der Waals surface area (Å²) in [6, 6.07) is -2.64. The molecular weight excluding hydrogens is 244 g/mol. The third kappa shape index (κ3) is 1.49. The van der Waals surface area contributed by atoms with Gasteiger partial charge in [-0.15, -0.1) is 0 Å². The fraction of sp³-hybridized carbons (Fsp3) is 1.00. The molecule has 84 valence electrons. The van der Waals surface area contributed by atoms with Gasteiger partial charge in [-0.25, -0.2) is 8.22 Å². The molecule has 0 radical (unpaired) electrons. The quantitative estimate of drug-likeness (QED) is 0.363. The molecule has 1 aliphatic rings. The Balaban J connectivity index is 3.13. The van der Waals surface area contributed by atoms with Crippen molar-refractivity contribution in [2.24, 2.45) is 0 Å². The van der Waals surface area contributed by atoms with Crippen LogP contribution in [-0.4, -0.2) is 26.9 Å². The Hall–Kier alpha value is -0.383. The molecule has 0 N–H and O–H groups in total. The smallest absolute Gasteiger partial charge is 0.302 e. The summed E-state index contributed by atoms with van der Waals surface area (Å²) in [5, 5.41) is 0. The van der Waals surface area contributed by atoms with E-state index in [1.54, 1.807) is 0 Å². The van der Waals surface area contributed by atoms with Gasteiger partial charge in [0.15, 0.2) is 0 Å². The van der Waals surface area contributed by atoms with Crippen molar-refractivity contribution in [1.29, 1.82) is 0 Å². The van der Waals surface area contributed by atoms with Crippen molar-refractivity contribution in [2.45, 2.75) is 24.0 Å². The minimum absolute atomic E-state index is 2.45. The Bertz CT molecular complexity index is 228. The van der Waals surface area contributed by atoms with Gasteiger partial charge in [0, 0.05) is 0 Å². The van der Waals surface area contributed by atoms with E-state index in [1.165, 1.54) is 0 Å². The minimum Gasteiger partial charge on any atom is -0.302 e. The van der Waals surface area contributed by atoms with Gasteiger partial charge in [0.1, 0.15) is 0 Å². The summed E-state index contributed by atoms with van der Waals surface area (Å²) in [7, 11) is -6.43. The Morgan fingerprint density at radius 3 is 1.71 bits per heavy atom. The second kappa shape index (κ2) is 2.59. The first-order valence-electron chi connectivity index (χ1n) is 3.13. The molecule has 0 amide bonds. The van der Waals surface area contributed by atoms with Crippen LogP contribution in [-0.2, 0) is 4.43 Å². The molecule has 0 bridgehead atoms. The summed E-state index contributed by atoms with van der Waals surface area (Å²) in [5.41, 5.74) is 0. The van der Waals surface area contributed by atoms with Crippen LogP contribution in [0.25, 0.3) is 0 Å². The SMILES string of the molecule is FC1(F)C[Si](F)(F)OC(F)(F)C1(F)F. The molecule has 1 heterocycles. The van der Waals surface area contributed by atoms with Crippen molar-refractivity contribution in [3.05, 3.63) is 0 Å². The molecule has 0 spiro atoms.